The first kappa shape index (κ1) is 14.2. The van der Waals surface area contributed by atoms with E-state index in [-0.39, 0.29) is 6.10 Å². The lowest BCUT2D eigenvalue weighted by atomic mass is 10.1. The van der Waals surface area contributed by atoms with E-state index >= 15 is 0 Å². The molecule has 1 unspecified atom stereocenters. The van der Waals surface area contributed by atoms with E-state index in [2.05, 4.69) is 9.97 Å². The quantitative estimate of drug-likeness (QED) is 0.674. The van der Waals surface area contributed by atoms with Crippen LogP contribution >= 0.6 is 23.2 Å². The van der Waals surface area contributed by atoms with Gasteiger partial charge in [-0.15, -0.1) is 11.6 Å². The van der Waals surface area contributed by atoms with Crippen molar-refractivity contribution in [3.8, 4) is 5.75 Å². The van der Waals surface area contributed by atoms with Gasteiger partial charge in [0.05, 0.1) is 11.8 Å². The molecule has 1 atom stereocenters. The fourth-order valence-electron chi connectivity index (χ4n) is 2.29. The Labute approximate surface area is 132 Å². The van der Waals surface area contributed by atoms with Crippen LogP contribution in [0.4, 0.5) is 0 Å². The molecule has 0 spiro atoms. The van der Waals surface area contributed by atoms with Crippen LogP contribution in [0.15, 0.2) is 48.8 Å². The van der Waals surface area contributed by atoms with Crippen molar-refractivity contribution in [3.05, 3.63) is 59.4 Å². The molecule has 21 heavy (non-hydrogen) atoms. The first-order valence-electron chi connectivity index (χ1n) is 6.68. The summed E-state index contributed by atoms with van der Waals surface area (Å²) in [5.74, 6) is 1.18. The van der Waals surface area contributed by atoms with E-state index in [0.717, 1.165) is 16.6 Å². The zero-order valence-electron chi connectivity index (χ0n) is 11.2. The van der Waals surface area contributed by atoms with Gasteiger partial charge in [0.25, 0.3) is 0 Å². The van der Waals surface area contributed by atoms with Gasteiger partial charge in [0.15, 0.2) is 0 Å². The number of rotatable bonds is 5. The SMILES string of the molecule is ClCCC(Oc1cc(Cl)cc2[nH]cnc12)c1ccccc1. The summed E-state index contributed by atoms with van der Waals surface area (Å²) in [6, 6.07) is 13.6. The summed E-state index contributed by atoms with van der Waals surface area (Å²) < 4.78 is 6.14. The number of aromatic amines is 1. The van der Waals surface area contributed by atoms with Gasteiger partial charge in [-0.25, -0.2) is 4.98 Å². The molecule has 1 heterocycles. The number of alkyl halides is 1. The molecule has 1 aromatic heterocycles. The minimum absolute atomic E-state index is 0.123. The first-order valence-corrected chi connectivity index (χ1v) is 7.59. The fraction of sp³-hybridized carbons (Fsp3) is 0.188. The number of imidazole rings is 1. The van der Waals surface area contributed by atoms with Crippen molar-refractivity contribution in [2.75, 3.05) is 5.88 Å². The van der Waals surface area contributed by atoms with Crippen LogP contribution in [0.25, 0.3) is 11.0 Å². The van der Waals surface area contributed by atoms with Crippen molar-refractivity contribution < 1.29 is 4.74 Å². The number of ether oxygens (including phenoxy) is 1. The Kier molecular flexibility index (Phi) is 4.32. The van der Waals surface area contributed by atoms with Crippen molar-refractivity contribution in [2.45, 2.75) is 12.5 Å². The molecule has 2 aromatic carbocycles. The van der Waals surface area contributed by atoms with Crippen LogP contribution in [-0.2, 0) is 0 Å². The van der Waals surface area contributed by atoms with Gasteiger partial charge < -0.3 is 9.72 Å². The normalized spacial score (nSPS) is 12.5. The molecular weight excluding hydrogens is 307 g/mol. The smallest absolute Gasteiger partial charge is 0.149 e. The van der Waals surface area contributed by atoms with Crippen LogP contribution in [0, 0.1) is 0 Å². The minimum atomic E-state index is -0.123. The molecule has 0 radical (unpaired) electrons. The van der Waals surface area contributed by atoms with Crippen molar-refractivity contribution in [1.29, 1.82) is 0 Å². The Morgan fingerprint density at radius 1 is 1.19 bits per heavy atom. The second-order valence-electron chi connectivity index (χ2n) is 4.70. The van der Waals surface area contributed by atoms with Gasteiger partial charge in [0.2, 0.25) is 0 Å². The molecule has 5 heteroatoms. The highest BCUT2D eigenvalue weighted by molar-refractivity contribution is 6.31. The highest BCUT2D eigenvalue weighted by atomic mass is 35.5. The van der Waals surface area contributed by atoms with Crippen LogP contribution in [0.5, 0.6) is 5.75 Å². The van der Waals surface area contributed by atoms with Gasteiger partial charge in [0, 0.05) is 23.4 Å². The van der Waals surface area contributed by atoms with E-state index in [1.165, 1.54) is 0 Å². The molecule has 3 rings (SSSR count). The van der Waals surface area contributed by atoms with E-state index in [1.807, 2.05) is 36.4 Å². The Hall–Kier alpha value is -1.71. The number of H-pyrrole nitrogens is 1. The average Bonchev–Trinajstić information content (AvgIpc) is 2.96. The molecule has 3 nitrogen and oxygen atoms in total. The summed E-state index contributed by atoms with van der Waals surface area (Å²) in [5, 5.41) is 0.611. The van der Waals surface area contributed by atoms with Crippen LogP contribution in [0.3, 0.4) is 0 Å². The Balaban J connectivity index is 1.96. The van der Waals surface area contributed by atoms with Crippen molar-refractivity contribution in [3.63, 3.8) is 0 Å². The molecule has 0 saturated heterocycles. The maximum atomic E-state index is 6.14. The fourth-order valence-corrected chi connectivity index (χ4v) is 2.69. The number of aromatic nitrogens is 2. The van der Waals surface area contributed by atoms with Gasteiger partial charge in [0.1, 0.15) is 17.4 Å². The molecule has 0 aliphatic heterocycles. The third kappa shape index (κ3) is 3.14. The van der Waals surface area contributed by atoms with Gasteiger partial charge in [-0.2, -0.15) is 0 Å². The molecule has 0 aliphatic rings. The molecule has 1 N–H and O–H groups in total. The highest BCUT2D eigenvalue weighted by Crippen LogP contribution is 2.32. The van der Waals surface area contributed by atoms with E-state index < -0.39 is 0 Å². The van der Waals surface area contributed by atoms with Gasteiger partial charge in [-0.05, 0) is 11.6 Å². The lowest BCUT2D eigenvalue weighted by molar-refractivity contribution is 0.204. The van der Waals surface area contributed by atoms with Crippen molar-refractivity contribution in [2.24, 2.45) is 0 Å². The predicted octanol–water partition coefficient (Wildman–Crippen LogP) is 4.97. The largest absolute Gasteiger partial charge is 0.483 e. The molecule has 0 aliphatic carbocycles. The van der Waals surface area contributed by atoms with Crippen molar-refractivity contribution >= 4 is 34.2 Å². The van der Waals surface area contributed by atoms with Crippen LogP contribution in [0.1, 0.15) is 18.1 Å². The van der Waals surface area contributed by atoms with Crippen LogP contribution in [-0.4, -0.2) is 15.8 Å². The zero-order valence-corrected chi connectivity index (χ0v) is 12.7. The number of fused-ring (bicyclic) bond motifs is 1. The number of hydrogen-bond acceptors (Lipinski definition) is 2. The summed E-state index contributed by atoms with van der Waals surface area (Å²) in [6.45, 7) is 0. The Bertz CT molecular complexity index is 727. The summed E-state index contributed by atoms with van der Waals surface area (Å²) in [6.07, 6.45) is 2.22. The van der Waals surface area contributed by atoms with Gasteiger partial charge in [-0.3, -0.25) is 0 Å². The van der Waals surface area contributed by atoms with Crippen molar-refractivity contribution in [1.82, 2.24) is 9.97 Å². The first-order chi connectivity index (χ1) is 10.3. The van der Waals surface area contributed by atoms with Gasteiger partial charge >= 0.3 is 0 Å². The highest BCUT2D eigenvalue weighted by Gasteiger charge is 2.16. The number of nitrogens with zero attached hydrogens (tertiary/aromatic N) is 1. The predicted molar refractivity (Wildman–Crippen MR) is 86.3 cm³/mol. The summed E-state index contributed by atoms with van der Waals surface area (Å²) >= 11 is 12.0. The Morgan fingerprint density at radius 3 is 2.76 bits per heavy atom. The van der Waals surface area contributed by atoms with Crippen LogP contribution < -0.4 is 4.74 Å². The minimum Gasteiger partial charge on any atom is -0.483 e. The third-order valence-electron chi connectivity index (χ3n) is 3.27. The standard InChI is InChI=1S/C16H14Cl2N2O/c17-7-6-14(11-4-2-1-3-5-11)21-15-9-12(18)8-13-16(15)20-10-19-13/h1-5,8-10,14H,6-7H2,(H,19,20). The maximum absolute atomic E-state index is 6.14. The molecule has 0 fully saturated rings. The van der Waals surface area contributed by atoms with E-state index in [4.69, 9.17) is 27.9 Å². The van der Waals surface area contributed by atoms with E-state index in [9.17, 15) is 0 Å². The third-order valence-corrected chi connectivity index (χ3v) is 3.70. The summed E-state index contributed by atoms with van der Waals surface area (Å²) in [5.41, 5.74) is 2.71. The average molecular weight is 321 g/mol. The van der Waals surface area contributed by atoms with Crippen LogP contribution in [0.2, 0.25) is 5.02 Å². The monoisotopic (exact) mass is 320 g/mol. The topological polar surface area (TPSA) is 37.9 Å². The number of benzene rings is 2. The van der Waals surface area contributed by atoms with Gasteiger partial charge in [-0.1, -0.05) is 41.9 Å². The number of halogens is 2. The number of nitrogens with one attached hydrogen (secondary N) is 1. The molecule has 108 valence electrons. The molecule has 0 saturated carbocycles. The summed E-state index contributed by atoms with van der Waals surface area (Å²) in [4.78, 5) is 7.34. The Morgan fingerprint density at radius 2 is 2.00 bits per heavy atom. The molecule has 0 bridgehead atoms. The number of hydrogen-bond donors (Lipinski definition) is 1. The molecule has 3 aromatic rings. The second-order valence-corrected chi connectivity index (χ2v) is 5.51. The maximum Gasteiger partial charge on any atom is 0.149 e. The lowest BCUT2D eigenvalue weighted by Crippen LogP contribution is -2.08. The summed E-state index contributed by atoms with van der Waals surface area (Å²) in [7, 11) is 0. The lowest BCUT2D eigenvalue weighted by Gasteiger charge is -2.19. The van der Waals surface area contributed by atoms with E-state index in [1.54, 1.807) is 12.4 Å². The molecular formula is C16H14Cl2N2O. The van der Waals surface area contributed by atoms with E-state index in [0.29, 0.717) is 23.1 Å². The molecule has 0 amide bonds. The second kappa shape index (κ2) is 6.37. The zero-order chi connectivity index (χ0) is 14.7.